The highest BCUT2D eigenvalue weighted by molar-refractivity contribution is 7.89. The SMILES string of the molecule is CNc1nc(N)c(Cl)nc1C(=O)NC1=NCC2(CCN(C(=O)c3cccc(S(=O)(=O)NCCCOC(C)C)c3)CC2)N1. The van der Waals surface area contributed by atoms with E-state index in [9.17, 15) is 18.0 Å². The van der Waals surface area contributed by atoms with E-state index in [-0.39, 0.29) is 51.9 Å². The topological polar surface area (TPSA) is 193 Å². The number of piperidine rings is 1. The molecule has 6 N–H and O–H groups in total. The molecule has 42 heavy (non-hydrogen) atoms. The molecule has 2 aromatic rings. The molecule has 1 spiro atoms. The molecule has 16 heteroatoms. The smallest absolute Gasteiger partial charge is 0.280 e. The van der Waals surface area contributed by atoms with Gasteiger partial charge >= 0.3 is 0 Å². The molecule has 1 aromatic heterocycles. The number of benzene rings is 1. The number of guanidine groups is 1. The van der Waals surface area contributed by atoms with Crippen molar-refractivity contribution in [2.24, 2.45) is 4.99 Å². The first-order valence-electron chi connectivity index (χ1n) is 13.6. The second-order valence-corrected chi connectivity index (χ2v) is 12.5. The maximum Gasteiger partial charge on any atom is 0.280 e. The molecule has 2 aliphatic heterocycles. The Morgan fingerprint density at radius 3 is 2.67 bits per heavy atom. The molecule has 1 saturated heterocycles. The molecule has 0 aliphatic carbocycles. The highest BCUT2D eigenvalue weighted by atomic mass is 35.5. The molecule has 3 heterocycles. The van der Waals surface area contributed by atoms with Crippen molar-refractivity contribution in [2.75, 3.05) is 50.9 Å². The molecule has 2 aliphatic rings. The summed E-state index contributed by atoms with van der Waals surface area (Å²) in [4.78, 5) is 40.4. The summed E-state index contributed by atoms with van der Waals surface area (Å²) in [5, 5.41) is 8.68. The zero-order valence-electron chi connectivity index (χ0n) is 23.7. The molecule has 228 valence electrons. The minimum Gasteiger partial charge on any atom is -0.381 e. The van der Waals surface area contributed by atoms with Crippen LogP contribution in [0.4, 0.5) is 11.6 Å². The van der Waals surface area contributed by atoms with Crippen LogP contribution in [0, 0.1) is 0 Å². The van der Waals surface area contributed by atoms with Crippen molar-refractivity contribution in [3.63, 3.8) is 0 Å². The second-order valence-electron chi connectivity index (χ2n) is 10.4. The van der Waals surface area contributed by atoms with Crippen LogP contribution in [-0.4, -0.2) is 92.5 Å². The van der Waals surface area contributed by atoms with Gasteiger partial charge in [0.15, 0.2) is 28.4 Å². The van der Waals surface area contributed by atoms with E-state index in [2.05, 4.69) is 35.6 Å². The summed E-state index contributed by atoms with van der Waals surface area (Å²) < 4.78 is 33.5. The van der Waals surface area contributed by atoms with Gasteiger partial charge in [0.2, 0.25) is 10.0 Å². The molecule has 0 saturated carbocycles. The van der Waals surface area contributed by atoms with E-state index in [4.69, 9.17) is 22.1 Å². The number of sulfonamides is 1. The van der Waals surface area contributed by atoms with Crippen molar-refractivity contribution >= 4 is 51.0 Å². The normalized spacial score (nSPS) is 16.3. The fourth-order valence-electron chi connectivity index (χ4n) is 4.64. The number of nitrogen functional groups attached to an aromatic ring is 1. The highest BCUT2D eigenvalue weighted by Gasteiger charge is 2.40. The zero-order chi connectivity index (χ0) is 30.5. The number of rotatable bonds is 10. The lowest BCUT2D eigenvalue weighted by Crippen LogP contribution is -2.57. The van der Waals surface area contributed by atoms with Crippen LogP contribution in [0.25, 0.3) is 0 Å². The van der Waals surface area contributed by atoms with E-state index in [1.807, 2.05) is 13.8 Å². The van der Waals surface area contributed by atoms with Gasteiger partial charge in [0, 0.05) is 38.9 Å². The largest absolute Gasteiger partial charge is 0.381 e. The molecule has 1 fully saturated rings. The van der Waals surface area contributed by atoms with Crippen molar-refractivity contribution in [1.29, 1.82) is 0 Å². The number of amides is 2. The molecule has 0 bridgehead atoms. The van der Waals surface area contributed by atoms with E-state index < -0.39 is 21.5 Å². The molecule has 0 radical (unpaired) electrons. The van der Waals surface area contributed by atoms with Gasteiger partial charge in [0.05, 0.1) is 23.1 Å². The minimum atomic E-state index is -3.77. The van der Waals surface area contributed by atoms with Crippen LogP contribution in [-0.2, 0) is 14.8 Å². The van der Waals surface area contributed by atoms with Gasteiger partial charge in [-0.1, -0.05) is 17.7 Å². The first kappa shape index (κ1) is 31.4. The summed E-state index contributed by atoms with van der Waals surface area (Å²) in [6.45, 7) is 5.79. The molecule has 1 aromatic carbocycles. The molecular weight excluding hydrogens is 586 g/mol. The molecule has 4 rings (SSSR count). The van der Waals surface area contributed by atoms with E-state index in [1.54, 1.807) is 24.1 Å². The van der Waals surface area contributed by atoms with Crippen molar-refractivity contribution < 1.29 is 22.7 Å². The third-order valence-corrected chi connectivity index (χ3v) is 8.69. The van der Waals surface area contributed by atoms with Gasteiger partial charge in [-0.25, -0.2) is 23.1 Å². The van der Waals surface area contributed by atoms with Gasteiger partial charge in [-0.05, 0) is 51.3 Å². The number of nitrogens with zero attached hydrogens (tertiary/aromatic N) is 4. The first-order chi connectivity index (χ1) is 19.9. The second kappa shape index (κ2) is 13.2. The van der Waals surface area contributed by atoms with Crippen LogP contribution < -0.4 is 26.4 Å². The monoisotopic (exact) mass is 621 g/mol. The molecule has 2 amide bonds. The van der Waals surface area contributed by atoms with Crippen LogP contribution in [0.1, 0.15) is 54.0 Å². The number of nitrogens with one attached hydrogen (secondary N) is 4. The number of hydrogen-bond acceptors (Lipinski definition) is 11. The molecule has 0 unspecified atom stereocenters. The fourth-order valence-corrected chi connectivity index (χ4v) is 5.89. The number of aliphatic imine (C=N–C) groups is 1. The summed E-state index contributed by atoms with van der Waals surface area (Å²) in [5.74, 6) is -0.339. The van der Waals surface area contributed by atoms with Gasteiger partial charge in [0.1, 0.15) is 0 Å². The Kier molecular flexibility index (Phi) is 9.86. The first-order valence-corrected chi connectivity index (χ1v) is 15.4. The Balaban J connectivity index is 1.31. The maximum atomic E-state index is 13.3. The lowest BCUT2D eigenvalue weighted by molar-refractivity contribution is 0.0668. The van der Waals surface area contributed by atoms with Gasteiger partial charge in [-0.3, -0.25) is 19.9 Å². The number of aromatic nitrogens is 2. The average Bonchev–Trinajstić information content (AvgIpc) is 3.35. The number of carbonyl (C=O) groups is 2. The van der Waals surface area contributed by atoms with Crippen LogP contribution in [0.2, 0.25) is 5.15 Å². The Bertz CT molecular complexity index is 1460. The standard InChI is InChI=1S/C26H36ClN9O5S/c1-16(2)41-13-5-10-31-42(39,40)18-7-4-6-17(14-18)24(38)36-11-8-26(9-12-36)15-30-25(35-26)34-23(37)19-22(29-3)33-21(28)20(27)32-19/h4,6-7,14,16,31H,5,8-13,15H2,1-3H3,(H3,28,29,33)(H2,30,34,35,37). The van der Waals surface area contributed by atoms with Crippen molar-refractivity contribution in [1.82, 2.24) is 30.2 Å². The van der Waals surface area contributed by atoms with Crippen molar-refractivity contribution in [3.05, 3.63) is 40.7 Å². The van der Waals surface area contributed by atoms with Crippen LogP contribution >= 0.6 is 11.6 Å². The average molecular weight is 622 g/mol. The third-order valence-electron chi connectivity index (χ3n) is 6.95. The van der Waals surface area contributed by atoms with Gasteiger partial charge in [0.25, 0.3) is 11.8 Å². The van der Waals surface area contributed by atoms with Crippen LogP contribution in [0.3, 0.4) is 0 Å². The number of ether oxygens (including phenoxy) is 1. The summed E-state index contributed by atoms with van der Waals surface area (Å²) in [7, 11) is -2.19. The van der Waals surface area contributed by atoms with E-state index in [1.165, 1.54) is 12.1 Å². The third kappa shape index (κ3) is 7.45. The fraction of sp³-hybridized carbons (Fsp3) is 0.500. The number of carbonyl (C=O) groups excluding carboxylic acids is 2. The van der Waals surface area contributed by atoms with Gasteiger partial charge < -0.3 is 26.0 Å². The molecule has 14 nitrogen and oxygen atoms in total. The maximum absolute atomic E-state index is 13.3. The van der Waals surface area contributed by atoms with Crippen LogP contribution in [0.5, 0.6) is 0 Å². The Hall–Kier alpha value is -3.53. The summed E-state index contributed by atoms with van der Waals surface area (Å²) in [6, 6.07) is 6.04. The van der Waals surface area contributed by atoms with Gasteiger partial charge in [-0.2, -0.15) is 0 Å². The Morgan fingerprint density at radius 1 is 1.24 bits per heavy atom. The van der Waals surface area contributed by atoms with E-state index in [0.29, 0.717) is 51.1 Å². The molecular formula is C26H36ClN9O5S. The zero-order valence-corrected chi connectivity index (χ0v) is 25.3. The van der Waals surface area contributed by atoms with E-state index in [0.717, 1.165) is 0 Å². The Labute approximate surface area is 249 Å². The Morgan fingerprint density at radius 2 is 1.98 bits per heavy atom. The lowest BCUT2D eigenvalue weighted by atomic mass is 9.88. The predicted octanol–water partition coefficient (Wildman–Crippen LogP) is 1.21. The summed E-state index contributed by atoms with van der Waals surface area (Å²) in [5.41, 5.74) is 5.52. The van der Waals surface area contributed by atoms with Crippen molar-refractivity contribution in [2.45, 2.75) is 49.6 Å². The summed E-state index contributed by atoms with van der Waals surface area (Å²) in [6.07, 6.45) is 1.77. The van der Waals surface area contributed by atoms with Crippen LogP contribution in [0.15, 0.2) is 34.2 Å². The minimum absolute atomic E-state index is 0.00207. The van der Waals surface area contributed by atoms with Crippen molar-refractivity contribution in [3.8, 4) is 0 Å². The number of nitrogens with two attached hydrogens (primary N) is 1. The summed E-state index contributed by atoms with van der Waals surface area (Å²) >= 11 is 5.95. The number of likely N-dealkylation sites (tertiary alicyclic amines) is 1. The predicted molar refractivity (Wildman–Crippen MR) is 159 cm³/mol. The number of halogens is 1. The van der Waals surface area contributed by atoms with E-state index >= 15 is 0 Å². The number of anilines is 2. The molecule has 0 atom stereocenters. The number of hydrogen-bond donors (Lipinski definition) is 5. The lowest BCUT2D eigenvalue weighted by Gasteiger charge is -2.39. The highest BCUT2D eigenvalue weighted by Crippen LogP contribution is 2.27. The quantitative estimate of drug-likeness (QED) is 0.241. The van der Waals surface area contributed by atoms with Gasteiger partial charge in [-0.15, -0.1) is 0 Å².